The van der Waals surface area contributed by atoms with E-state index in [0.717, 1.165) is 25.2 Å². The summed E-state index contributed by atoms with van der Waals surface area (Å²) in [5.41, 5.74) is 8.24. The van der Waals surface area contributed by atoms with E-state index in [1.165, 1.54) is 18.5 Å². The van der Waals surface area contributed by atoms with E-state index in [1.54, 1.807) is 0 Å². The molecule has 1 aliphatic heterocycles. The number of nitrogens with two attached hydrogens (primary N) is 1. The molecule has 1 unspecified atom stereocenters. The Balaban J connectivity index is 2.08. The summed E-state index contributed by atoms with van der Waals surface area (Å²) >= 11 is 0. The number of hydrogen-bond acceptors (Lipinski definition) is 4. The predicted molar refractivity (Wildman–Crippen MR) is 80.4 cm³/mol. The summed E-state index contributed by atoms with van der Waals surface area (Å²) in [6, 6.07) is 4.92. The van der Waals surface area contributed by atoms with E-state index >= 15 is 0 Å². The molecule has 1 fully saturated rings. The summed E-state index contributed by atoms with van der Waals surface area (Å²) < 4.78 is 0. The summed E-state index contributed by atoms with van der Waals surface area (Å²) in [5.74, 6) is 0. The van der Waals surface area contributed by atoms with Gasteiger partial charge in [-0.2, -0.15) is 0 Å². The fourth-order valence-corrected chi connectivity index (χ4v) is 2.78. The van der Waals surface area contributed by atoms with Crippen LogP contribution in [0.4, 0.5) is 5.69 Å². The van der Waals surface area contributed by atoms with Crippen molar-refractivity contribution < 1.29 is 0 Å². The Morgan fingerprint density at radius 1 is 1.47 bits per heavy atom. The highest BCUT2D eigenvalue weighted by Gasteiger charge is 2.25. The van der Waals surface area contributed by atoms with Crippen LogP contribution in [0.1, 0.15) is 37.9 Å². The highest BCUT2D eigenvalue weighted by molar-refractivity contribution is 5.47. The molecule has 0 aromatic carbocycles. The quantitative estimate of drug-likeness (QED) is 0.882. The van der Waals surface area contributed by atoms with Crippen molar-refractivity contribution in [3.63, 3.8) is 0 Å². The minimum Gasteiger partial charge on any atom is -0.366 e. The van der Waals surface area contributed by atoms with Gasteiger partial charge in [0.2, 0.25) is 0 Å². The second kappa shape index (κ2) is 6.35. The van der Waals surface area contributed by atoms with Crippen LogP contribution in [0.25, 0.3) is 0 Å². The van der Waals surface area contributed by atoms with Gasteiger partial charge in [-0.25, -0.2) is 0 Å². The molecule has 0 radical (unpaired) electrons. The van der Waals surface area contributed by atoms with E-state index in [0.29, 0.717) is 6.04 Å². The van der Waals surface area contributed by atoms with Crippen molar-refractivity contribution in [3.8, 4) is 0 Å². The molecule has 0 amide bonds. The Labute approximate surface area is 116 Å². The van der Waals surface area contributed by atoms with E-state index in [2.05, 4.69) is 47.9 Å². The lowest BCUT2D eigenvalue weighted by Gasteiger charge is -2.29. The maximum Gasteiger partial charge on any atom is 0.0572 e. The standard InChI is InChI=1S/C15H26N4/c1-4-14(16)15-8-7-12(10-17-15)19-9-5-6-13(19)11-18(2)3/h7-8,10,13-14H,4-6,9,11,16H2,1-3H3/t13?,14-/m0/s1. The van der Waals surface area contributed by atoms with Crippen LogP contribution in [-0.4, -0.2) is 43.1 Å². The second-order valence-electron chi connectivity index (χ2n) is 5.71. The highest BCUT2D eigenvalue weighted by atomic mass is 15.2. The number of likely N-dealkylation sites (N-methyl/N-ethyl adjacent to an activating group) is 1. The maximum atomic E-state index is 6.01. The normalized spacial score (nSPS) is 21.1. The third-order valence-corrected chi connectivity index (χ3v) is 3.88. The lowest BCUT2D eigenvalue weighted by atomic mass is 10.1. The summed E-state index contributed by atoms with van der Waals surface area (Å²) in [5, 5.41) is 0. The number of rotatable bonds is 5. The molecule has 0 saturated carbocycles. The Hall–Kier alpha value is -1.13. The minimum absolute atomic E-state index is 0.0604. The first kappa shape index (κ1) is 14.3. The van der Waals surface area contributed by atoms with Gasteiger partial charge in [0.15, 0.2) is 0 Å². The molecule has 1 aliphatic rings. The maximum absolute atomic E-state index is 6.01. The molecule has 2 rings (SSSR count). The van der Waals surface area contributed by atoms with Crippen LogP contribution in [0.3, 0.4) is 0 Å². The van der Waals surface area contributed by atoms with Gasteiger partial charge < -0.3 is 15.5 Å². The van der Waals surface area contributed by atoms with Crippen molar-refractivity contribution in [3.05, 3.63) is 24.0 Å². The van der Waals surface area contributed by atoms with E-state index < -0.39 is 0 Å². The summed E-state index contributed by atoms with van der Waals surface area (Å²) in [6.07, 6.45) is 5.46. The zero-order valence-electron chi connectivity index (χ0n) is 12.3. The molecule has 19 heavy (non-hydrogen) atoms. The molecule has 1 aromatic rings. The third kappa shape index (κ3) is 3.45. The summed E-state index contributed by atoms with van der Waals surface area (Å²) in [7, 11) is 4.27. The molecule has 0 spiro atoms. The summed E-state index contributed by atoms with van der Waals surface area (Å²) in [6.45, 7) is 4.34. The first-order chi connectivity index (χ1) is 9.11. The predicted octanol–water partition coefficient (Wildman–Crippen LogP) is 2.02. The molecule has 0 aliphatic carbocycles. The van der Waals surface area contributed by atoms with Crippen LogP contribution < -0.4 is 10.6 Å². The van der Waals surface area contributed by atoms with Crippen LogP contribution >= 0.6 is 0 Å². The molecule has 4 heteroatoms. The van der Waals surface area contributed by atoms with Crippen molar-refractivity contribution >= 4 is 5.69 Å². The fourth-order valence-electron chi connectivity index (χ4n) is 2.78. The molecule has 2 N–H and O–H groups in total. The van der Waals surface area contributed by atoms with Crippen molar-refractivity contribution in [1.29, 1.82) is 0 Å². The van der Waals surface area contributed by atoms with Crippen molar-refractivity contribution in [2.75, 3.05) is 32.1 Å². The Kier molecular flexibility index (Phi) is 4.77. The van der Waals surface area contributed by atoms with E-state index in [1.807, 2.05) is 6.20 Å². The van der Waals surface area contributed by atoms with Crippen LogP contribution in [0.2, 0.25) is 0 Å². The van der Waals surface area contributed by atoms with Crippen LogP contribution in [0.5, 0.6) is 0 Å². The lowest BCUT2D eigenvalue weighted by molar-refractivity contribution is 0.372. The third-order valence-electron chi connectivity index (χ3n) is 3.88. The van der Waals surface area contributed by atoms with E-state index in [-0.39, 0.29) is 6.04 Å². The number of pyridine rings is 1. The molecule has 0 bridgehead atoms. The smallest absolute Gasteiger partial charge is 0.0572 e. The van der Waals surface area contributed by atoms with Crippen molar-refractivity contribution in [2.45, 2.75) is 38.3 Å². The van der Waals surface area contributed by atoms with Gasteiger partial charge in [0.25, 0.3) is 0 Å². The average molecular weight is 262 g/mol. The van der Waals surface area contributed by atoms with Crippen LogP contribution in [0.15, 0.2) is 18.3 Å². The number of nitrogens with zero attached hydrogens (tertiary/aromatic N) is 3. The van der Waals surface area contributed by atoms with Crippen LogP contribution in [-0.2, 0) is 0 Å². The fraction of sp³-hybridized carbons (Fsp3) is 0.667. The second-order valence-corrected chi connectivity index (χ2v) is 5.71. The molecule has 2 atom stereocenters. The van der Waals surface area contributed by atoms with Gasteiger partial charge in [0.05, 0.1) is 17.6 Å². The topological polar surface area (TPSA) is 45.4 Å². The van der Waals surface area contributed by atoms with Crippen molar-refractivity contribution in [2.24, 2.45) is 5.73 Å². The van der Waals surface area contributed by atoms with Gasteiger partial charge in [-0.1, -0.05) is 6.92 Å². The zero-order valence-corrected chi connectivity index (χ0v) is 12.3. The Bertz CT molecular complexity index is 388. The molecule has 2 heterocycles. The average Bonchev–Trinajstić information content (AvgIpc) is 2.85. The van der Waals surface area contributed by atoms with Gasteiger partial charge in [0, 0.05) is 25.2 Å². The lowest BCUT2D eigenvalue weighted by Crippen LogP contribution is -2.37. The number of aromatic nitrogens is 1. The van der Waals surface area contributed by atoms with Gasteiger partial charge in [0.1, 0.15) is 0 Å². The SMILES string of the molecule is CC[C@H](N)c1ccc(N2CCCC2CN(C)C)cn1. The molecule has 106 valence electrons. The number of anilines is 1. The van der Waals surface area contributed by atoms with E-state index in [4.69, 9.17) is 5.73 Å². The Morgan fingerprint density at radius 2 is 2.26 bits per heavy atom. The molecular formula is C15H26N4. The van der Waals surface area contributed by atoms with Gasteiger partial charge in [-0.3, -0.25) is 4.98 Å². The highest BCUT2D eigenvalue weighted by Crippen LogP contribution is 2.26. The first-order valence-corrected chi connectivity index (χ1v) is 7.24. The molecular weight excluding hydrogens is 236 g/mol. The zero-order chi connectivity index (χ0) is 13.8. The molecule has 1 saturated heterocycles. The monoisotopic (exact) mass is 262 g/mol. The minimum atomic E-state index is 0.0604. The molecule has 1 aromatic heterocycles. The van der Waals surface area contributed by atoms with Gasteiger partial charge in [-0.05, 0) is 45.5 Å². The first-order valence-electron chi connectivity index (χ1n) is 7.24. The van der Waals surface area contributed by atoms with Gasteiger partial charge in [-0.15, -0.1) is 0 Å². The van der Waals surface area contributed by atoms with E-state index in [9.17, 15) is 0 Å². The number of hydrogen-bond donors (Lipinski definition) is 1. The Morgan fingerprint density at radius 3 is 2.84 bits per heavy atom. The largest absolute Gasteiger partial charge is 0.366 e. The van der Waals surface area contributed by atoms with Crippen molar-refractivity contribution in [1.82, 2.24) is 9.88 Å². The summed E-state index contributed by atoms with van der Waals surface area (Å²) in [4.78, 5) is 9.27. The van der Waals surface area contributed by atoms with Crippen LogP contribution in [0, 0.1) is 0 Å². The molecule has 4 nitrogen and oxygen atoms in total. The van der Waals surface area contributed by atoms with Gasteiger partial charge >= 0.3 is 0 Å².